The van der Waals surface area contributed by atoms with Gasteiger partial charge in [0.2, 0.25) is 0 Å². The molecular weight excluding hydrogens is 379 g/mol. The highest BCUT2D eigenvalue weighted by Gasteiger charge is 2.45. The predicted molar refractivity (Wildman–Crippen MR) is 102 cm³/mol. The van der Waals surface area contributed by atoms with Crippen LogP contribution in [-0.4, -0.2) is 33.9 Å². The minimum atomic E-state index is -4.33. The standard InChI is InChI=1S/C22H20F3N3O/c23-22(24,25)19-6-2-1-4-16(19)13-8-14-11-28(12-15(14)9-13)21(29)18-10-27-20-17(18)5-3-7-26-20/h1-7,10,13-15H,8-9,11-12H2,(H,26,27)/t13?,14-,15?/m1/s1. The molecule has 2 aliphatic rings. The fourth-order valence-electron chi connectivity index (χ4n) is 5.13. The molecular formula is C22H20F3N3O. The van der Waals surface area contributed by atoms with Crippen LogP contribution in [0.25, 0.3) is 11.0 Å². The van der Waals surface area contributed by atoms with Crippen LogP contribution in [0.5, 0.6) is 0 Å². The van der Waals surface area contributed by atoms with E-state index in [0.29, 0.717) is 42.7 Å². The van der Waals surface area contributed by atoms with Crippen LogP contribution in [-0.2, 0) is 6.18 Å². The van der Waals surface area contributed by atoms with Crippen molar-refractivity contribution >= 4 is 16.9 Å². The van der Waals surface area contributed by atoms with Crippen molar-refractivity contribution in [3.8, 4) is 0 Å². The molecule has 3 atom stereocenters. The summed E-state index contributed by atoms with van der Waals surface area (Å²) in [5.41, 5.74) is 1.16. The molecule has 3 aromatic rings. The van der Waals surface area contributed by atoms with E-state index in [1.54, 1.807) is 30.6 Å². The molecule has 1 aliphatic carbocycles. The number of likely N-dealkylation sites (tertiary alicyclic amines) is 1. The van der Waals surface area contributed by atoms with Crippen molar-refractivity contribution < 1.29 is 18.0 Å². The maximum absolute atomic E-state index is 13.4. The van der Waals surface area contributed by atoms with Gasteiger partial charge in [-0.25, -0.2) is 4.98 Å². The van der Waals surface area contributed by atoms with Crippen LogP contribution in [0.2, 0.25) is 0 Å². The number of aromatic nitrogens is 2. The summed E-state index contributed by atoms with van der Waals surface area (Å²) < 4.78 is 40.2. The normalized spacial score (nSPS) is 24.2. The summed E-state index contributed by atoms with van der Waals surface area (Å²) in [5, 5.41) is 0.798. The maximum Gasteiger partial charge on any atom is 0.416 e. The van der Waals surface area contributed by atoms with Gasteiger partial charge in [0.15, 0.2) is 0 Å². The van der Waals surface area contributed by atoms with Crippen LogP contribution in [0.1, 0.15) is 40.2 Å². The van der Waals surface area contributed by atoms with Crippen LogP contribution in [0.3, 0.4) is 0 Å². The Labute approximate surface area is 165 Å². The minimum absolute atomic E-state index is 0.0362. The number of fused-ring (bicyclic) bond motifs is 2. The Morgan fingerprint density at radius 2 is 1.79 bits per heavy atom. The molecule has 0 spiro atoms. The number of aromatic amines is 1. The van der Waals surface area contributed by atoms with E-state index in [9.17, 15) is 18.0 Å². The van der Waals surface area contributed by atoms with Gasteiger partial charge < -0.3 is 9.88 Å². The Kier molecular flexibility index (Phi) is 4.15. The summed E-state index contributed by atoms with van der Waals surface area (Å²) >= 11 is 0. The van der Waals surface area contributed by atoms with Crippen molar-refractivity contribution in [1.29, 1.82) is 0 Å². The van der Waals surface area contributed by atoms with Gasteiger partial charge >= 0.3 is 6.18 Å². The van der Waals surface area contributed by atoms with Crippen LogP contribution >= 0.6 is 0 Å². The third-order valence-corrected chi connectivity index (χ3v) is 6.43. The molecule has 1 N–H and O–H groups in total. The van der Waals surface area contributed by atoms with E-state index in [0.717, 1.165) is 5.39 Å². The van der Waals surface area contributed by atoms with Gasteiger partial charge in [-0.15, -0.1) is 0 Å². The zero-order valence-corrected chi connectivity index (χ0v) is 15.6. The zero-order valence-electron chi connectivity index (χ0n) is 15.6. The molecule has 4 nitrogen and oxygen atoms in total. The first kappa shape index (κ1) is 18.2. The van der Waals surface area contributed by atoms with Gasteiger partial charge in [0.05, 0.1) is 11.1 Å². The zero-order chi connectivity index (χ0) is 20.2. The second-order valence-electron chi connectivity index (χ2n) is 8.09. The first-order valence-electron chi connectivity index (χ1n) is 9.79. The molecule has 2 fully saturated rings. The van der Waals surface area contributed by atoms with Gasteiger partial charge in [0.25, 0.3) is 5.91 Å². The summed E-state index contributed by atoms with van der Waals surface area (Å²) in [7, 11) is 0. The molecule has 2 aromatic heterocycles. The lowest BCUT2D eigenvalue weighted by atomic mass is 9.91. The van der Waals surface area contributed by atoms with Crippen molar-refractivity contribution in [2.24, 2.45) is 11.8 Å². The second-order valence-corrected chi connectivity index (χ2v) is 8.09. The first-order chi connectivity index (χ1) is 13.9. The van der Waals surface area contributed by atoms with Gasteiger partial charge in [0.1, 0.15) is 5.65 Å². The fourth-order valence-corrected chi connectivity index (χ4v) is 5.13. The second kappa shape index (κ2) is 6.61. The quantitative estimate of drug-likeness (QED) is 0.670. The van der Waals surface area contributed by atoms with Crippen molar-refractivity contribution in [2.45, 2.75) is 24.9 Å². The molecule has 3 heterocycles. The van der Waals surface area contributed by atoms with Crippen molar-refractivity contribution in [1.82, 2.24) is 14.9 Å². The topological polar surface area (TPSA) is 49.0 Å². The number of nitrogens with one attached hydrogen (secondary N) is 1. The number of carbonyl (C=O) groups is 1. The Bertz CT molecular complexity index is 1060. The van der Waals surface area contributed by atoms with Crippen molar-refractivity contribution in [3.05, 3.63) is 65.5 Å². The molecule has 29 heavy (non-hydrogen) atoms. The lowest BCUT2D eigenvalue weighted by Crippen LogP contribution is -2.29. The number of nitrogens with zero attached hydrogens (tertiary/aromatic N) is 2. The van der Waals surface area contributed by atoms with E-state index >= 15 is 0 Å². The van der Waals surface area contributed by atoms with E-state index < -0.39 is 11.7 Å². The Morgan fingerprint density at radius 3 is 2.52 bits per heavy atom. The molecule has 1 aliphatic heterocycles. The lowest BCUT2D eigenvalue weighted by Gasteiger charge is -2.21. The molecule has 7 heteroatoms. The average molecular weight is 399 g/mol. The lowest BCUT2D eigenvalue weighted by molar-refractivity contribution is -0.138. The van der Waals surface area contributed by atoms with E-state index in [1.165, 1.54) is 12.1 Å². The molecule has 2 unspecified atom stereocenters. The number of hydrogen-bond acceptors (Lipinski definition) is 2. The molecule has 1 amide bonds. The molecule has 1 saturated carbocycles. The van der Waals surface area contributed by atoms with E-state index in [4.69, 9.17) is 0 Å². The molecule has 5 rings (SSSR count). The summed E-state index contributed by atoms with van der Waals surface area (Å²) in [6.07, 6.45) is 0.413. The maximum atomic E-state index is 13.4. The average Bonchev–Trinajstić information content (AvgIpc) is 3.39. The van der Waals surface area contributed by atoms with E-state index in [1.807, 2.05) is 11.0 Å². The fraction of sp³-hybridized carbons (Fsp3) is 0.364. The highest BCUT2D eigenvalue weighted by atomic mass is 19.4. The van der Waals surface area contributed by atoms with Gasteiger partial charge in [0, 0.05) is 30.9 Å². The van der Waals surface area contributed by atoms with Gasteiger partial charge in [-0.05, 0) is 54.4 Å². The number of pyridine rings is 1. The summed E-state index contributed by atoms with van der Waals surface area (Å²) in [6, 6.07) is 9.57. The number of halogens is 3. The van der Waals surface area contributed by atoms with Crippen LogP contribution in [0, 0.1) is 11.8 Å². The van der Waals surface area contributed by atoms with Crippen LogP contribution in [0.4, 0.5) is 13.2 Å². The Hall–Kier alpha value is -2.83. The van der Waals surface area contributed by atoms with Crippen LogP contribution < -0.4 is 0 Å². The largest absolute Gasteiger partial charge is 0.416 e. The summed E-state index contributed by atoms with van der Waals surface area (Å²) in [4.78, 5) is 22.1. The molecule has 0 radical (unpaired) electrons. The monoisotopic (exact) mass is 399 g/mol. The predicted octanol–water partition coefficient (Wildman–Crippen LogP) is 4.85. The summed E-state index contributed by atoms with van der Waals surface area (Å²) in [5.74, 6) is 0.352. The van der Waals surface area contributed by atoms with Crippen LogP contribution in [0.15, 0.2) is 48.8 Å². The summed E-state index contributed by atoms with van der Waals surface area (Å²) in [6.45, 7) is 1.20. The number of benzene rings is 1. The SMILES string of the molecule is O=C(c1c[nH]c2ncccc12)N1CC2CC(c3ccccc3C(F)(F)F)C[C@@H]2C1. The van der Waals surface area contributed by atoms with Gasteiger partial charge in [-0.1, -0.05) is 18.2 Å². The third-order valence-electron chi connectivity index (χ3n) is 6.43. The first-order valence-corrected chi connectivity index (χ1v) is 9.79. The van der Waals surface area contributed by atoms with Gasteiger partial charge in [-0.2, -0.15) is 13.2 Å². The number of alkyl halides is 3. The number of amides is 1. The molecule has 0 bridgehead atoms. The van der Waals surface area contributed by atoms with E-state index in [2.05, 4.69) is 9.97 Å². The third kappa shape index (κ3) is 3.09. The smallest absolute Gasteiger partial charge is 0.345 e. The number of hydrogen-bond donors (Lipinski definition) is 1. The van der Waals surface area contributed by atoms with Crippen molar-refractivity contribution in [3.63, 3.8) is 0 Å². The highest BCUT2D eigenvalue weighted by molar-refractivity contribution is 6.06. The minimum Gasteiger partial charge on any atom is -0.345 e. The van der Waals surface area contributed by atoms with Gasteiger partial charge in [-0.3, -0.25) is 4.79 Å². The molecule has 150 valence electrons. The number of H-pyrrole nitrogens is 1. The molecule has 1 aromatic carbocycles. The van der Waals surface area contributed by atoms with E-state index in [-0.39, 0.29) is 23.7 Å². The van der Waals surface area contributed by atoms with Crippen molar-refractivity contribution in [2.75, 3.05) is 13.1 Å². The highest BCUT2D eigenvalue weighted by Crippen LogP contribution is 2.49. The number of rotatable bonds is 2. The molecule has 1 saturated heterocycles. The number of carbonyl (C=O) groups excluding carboxylic acids is 1. The Balaban J connectivity index is 1.33. The Morgan fingerprint density at radius 1 is 1.07 bits per heavy atom.